The number of nitrogens with zero attached hydrogens (tertiary/aromatic N) is 3. The lowest BCUT2D eigenvalue weighted by Crippen LogP contribution is -2.02. The minimum absolute atomic E-state index is 0.555. The molecule has 2 aromatic carbocycles. The molecular weight excluding hydrogens is 454 g/mol. The average Bonchev–Trinajstić information content (AvgIpc) is 2.65. The lowest BCUT2D eigenvalue weighted by atomic mass is 10.1. The van der Waals surface area contributed by atoms with E-state index in [0.717, 1.165) is 25.6 Å². The van der Waals surface area contributed by atoms with E-state index in [9.17, 15) is 0 Å². The van der Waals surface area contributed by atoms with Crippen molar-refractivity contribution in [3.8, 4) is 22.8 Å². The Hall–Kier alpha value is -2.37. The molecule has 0 spiro atoms. The third-order valence-electron chi connectivity index (χ3n) is 3.56. The Morgan fingerprint density at radius 3 is 2.00 bits per heavy atom. The van der Waals surface area contributed by atoms with E-state index in [2.05, 4.69) is 60.0 Å². The smallest absolute Gasteiger partial charge is 0.164 e. The molecule has 3 rings (SSSR count). The summed E-state index contributed by atoms with van der Waals surface area (Å²) in [7, 11) is 0. The van der Waals surface area contributed by atoms with Crippen molar-refractivity contribution in [2.24, 2.45) is 0 Å². The van der Waals surface area contributed by atoms with Crippen LogP contribution in [-0.4, -0.2) is 15.0 Å². The first-order valence-corrected chi connectivity index (χ1v) is 9.43. The standard InChI is InChI=1S/C21H15Br2N3/c1-3-8-14(4-2)19-24-20(15-9-6-5-7-10-15)26-21(25-19)16-11-17(22)13-18(23)12-16/h3-13H,1-2H2/b14-8+. The second-order valence-corrected chi connectivity index (χ2v) is 7.22. The molecule has 5 heteroatoms. The zero-order valence-corrected chi connectivity index (χ0v) is 17.0. The summed E-state index contributed by atoms with van der Waals surface area (Å²) in [5.41, 5.74) is 2.59. The predicted octanol–water partition coefficient (Wildman–Crippen LogP) is 6.49. The first kappa shape index (κ1) is 18.4. The van der Waals surface area contributed by atoms with Gasteiger partial charge in [0, 0.05) is 25.6 Å². The number of allylic oxidation sites excluding steroid dienone is 4. The van der Waals surface area contributed by atoms with Crippen molar-refractivity contribution in [3.63, 3.8) is 0 Å². The summed E-state index contributed by atoms with van der Waals surface area (Å²) in [6.45, 7) is 7.61. The fourth-order valence-corrected chi connectivity index (χ4v) is 3.69. The van der Waals surface area contributed by atoms with Crippen molar-refractivity contribution in [1.82, 2.24) is 15.0 Å². The van der Waals surface area contributed by atoms with Gasteiger partial charge in [0.1, 0.15) is 0 Å². The highest BCUT2D eigenvalue weighted by molar-refractivity contribution is 9.11. The molecule has 0 fully saturated rings. The van der Waals surface area contributed by atoms with E-state index in [1.807, 2.05) is 54.6 Å². The molecule has 0 unspecified atom stereocenters. The summed E-state index contributed by atoms with van der Waals surface area (Å²) >= 11 is 7.04. The highest BCUT2D eigenvalue weighted by Gasteiger charge is 2.13. The molecule has 0 aliphatic heterocycles. The largest absolute Gasteiger partial charge is 0.208 e. The van der Waals surface area contributed by atoms with E-state index in [4.69, 9.17) is 0 Å². The Labute approximate surface area is 169 Å². The molecule has 0 aliphatic carbocycles. The molecule has 0 bridgehead atoms. The number of hydrogen-bond acceptors (Lipinski definition) is 3. The van der Waals surface area contributed by atoms with Gasteiger partial charge in [0.2, 0.25) is 0 Å². The van der Waals surface area contributed by atoms with Crippen LogP contribution in [0.5, 0.6) is 0 Å². The quantitative estimate of drug-likeness (QED) is 0.402. The van der Waals surface area contributed by atoms with Gasteiger partial charge in [-0.05, 0) is 18.2 Å². The van der Waals surface area contributed by atoms with Gasteiger partial charge in [-0.2, -0.15) is 0 Å². The predicted molar refractivity (Wildman–Crippen MR) is 114 cm³/mol. The van der Waals surface area contributed by atoms with Crippen LogP contribution in [0.3, 0.4) is 0 Å². The summed E-state index contributed by atoms with van der Waals surface area (Å²) in [5.74, 6) is 1.76. The number of aromatic nitrogens is 3. The first-order valence-electron chi connectivity index (χ1n) is 7.84. The Balaban J connectivity index is 2.25. The Kier molecular flexibility index (Phi) is 5.91. The van der Waals surface area contributed by atoms with Crippen molar-refractivity contribution < 1.29 is 0 Å². The highest BCUT2D eigenvalue weighted by Crippen LogP contribution is 2.28. The Morgan fingerprint density at radius 2 is 1.42 bits per heavy atom. The molecule has 1 aromatic heterocycles. The molecule has 0 aliphatic rings. The molecule has 0 amide bonds. The molecule has 128 valence electrons. The highest BCUT2D eigenvalue weighted by atomic mass is 79.9. The molecule has 0 saturated heterocycles. The van der Waals surface area contributed by atoms with Crippen LogP contribution in [0.15, 0.2) is 88.9 Å². The van der Waals surface area contributed by atoms with Crippen molar-refractivity contribution >= 4 is 37.4 Å². The van der Waals surface area contributed by atoms with E-state index in [0.29, 0.717) is 17.5 Å². The van der Waals surface area contributed by atoms with Crippen LogP contribution in [0, 0.1) is 0 Å². The molecule has 0 N–H and O–H groups in total. The summed E-state index contributed by atoms with van der Waals surface area (Å²) in [6.07, 6.45) is 5.24. The maximum Gasteiger partial charge on any atom is 0.164 e. The minimum Gasteiger partial charge on any atom is -0.208 e. The number of hydrogen-bond donors (Lipinski definition) is 0. The van der Waals surface area contributed by atoms with Gasteiger partial charge in [0.25, 0.3) is 0 Å². The number of halogens is 2. The van der Waals surface area contributed by atoms with Gasteiger partial charge in [-0.3, -0.25) is 0 Å². The maximum absolute atomic E-state index is 4.68. The van der Waals surface area contributed by atoms with Gasteiger partial charge in [0.15, 0.2) is 17.5 Å². The molecule has 0 radical (unpaired) electrons. The van der Waals surface area contributed by atoms with E-state index in [1.54, 1.807) is 12.2 Å². The van der Waals surface area contributed by atoms with Gasteiger partial charge in [-0.15, -0.1) is 0 Å². The normalized spacial score (nSPS) is 11.2. The second-order valence-electron chi connectivity index (χ2n) is 5.39. The van der Waals surface area contributed by atoms with Gasteiger partial charge in [-0.25, -0.2) is 15.0 Å². The van der Waals surface area contributed by atoms with Crippen molar-refractivity contribution in [3.05, 3.63) is 94.7 Å². The van der Waals surface area contributed by atoms with Gasteiger partial charge < -0.3 is 0 Å². The van der Waals surface area contributed by atoms with E-state index >= 15 is 0 Å². The minimum atomic E-state index is 0.555. The summed E-state index contributed by atoms with van der Waals surface area (Å²) in [5, 5.41) is 0. The van der Waals surface area contributed by atoms with Crippen LogP contribution in [0.2, 0.25) is 0 Å². The van der Waals surface area contributed by atoms with Gasteiger partial charge in [0.05, 0.1) is 0 Å². The zero-order valence-electron chi connectivity index (χ0n) is 13.9. The molecular formula is C21H15Br2N3. The molecule has 1 heterocycles. The third-order valence-corrected chi connectivity index (χ3v) is 4.48. The summed E-state index contributed by atoms with van der Waals surface area (Å²) in [4.78, 5) is 14.0. The first-order chi connectivity index (χ1) is 12.6. The summed E-state index contributed by atoms with van der Waals surface area (Å²) < 4.78 is 1.88. The van der Waals surface area contributed by atoms with Crippen molar-refractivity contribution in [1.29, 1.82) is 0 Å². The van der Waals surface area contributed by atoms with Crippen LogP contribution in [0.4, 0.5) is 0 Å². The monoisotopic (exact) mass is 467 g/mol. The molecule has 0 atom stereocenters. The molecule has 26 heavy (non-hydrogen) atoms. The van der Waals surface area contributed by atoms with Crippen molar-refractivity contribution in [2.45, 2.75) is 0 Å². The number of rotatable bonds is 5. The fraction of sp³-hybridized carbons (Fsp3) is 0. The van der Waals surface area contributed by atoms with Crippen molar-refractivity contribution in [2.75, 3.05) is 0 Å². The van der Waals surface area contributed by atoms with Crippen LogP contribution in [-0.2, 0) is 0 Å². The third kappa shape index (κ3) is 4.23. The van der Waals surface area contributed by atoms with E-state index in [-0.39, 0.29) is 0 Å². The summed E-state index contributed by atoms with van der Waals surface area (Å²) in [6, 6.07) is 15.8. The van der Waals surface area contributed by atoms with Crippen LogP contribution >= 0.6 is 31.9 Å². The van der Waals surface area contributed by atoms with E-state index in [1.165, 1.54) is 0 Å². The zero-order chi connectivity index (χ0) is 18.5. The maximum atomic E-state index is 4.68. The van der Waals surface area contributed by atoms with Crippen LogP contribution in [0.1, 0.15) is 5.82 Å². The Bertz CT molecular complexity index is 975. The van der Waals surface area contributed by atoms with E-state index < -0.39 is 0 Å². The molecule has 0 saturated carbocycles. The van der Waals surface area contributed by atoms with Crippen LogP contribution < -0.4 is 0 Å². The fourth-order valence-electron chi connectivity index (χ4n) is 2.39. The topological polar surface area (TPSA) is 38.7 Å². The van der Waals surface area contributed by atoms with Crippen LogP contribution in [0.25, 0.3) is 28.3 Å². The Morgan fingerprint density at radius 1 is 0.808 bits per heavy atom. The lowest BCUT2D eigenvalue weighted by Gasteiger charge is -2.09. The number of benzene rings is 2. The molecule has 3 nitrogen and oxygen atoms in total. The van der Waals surface area contributed by atoms with Gasteiger partial charge in [-0.1, -0.05) is 93.6 Å². The molecule has 3 aromatic rings. The lowest BCUT2D eigenvalue weighted by molar-refractivity contribution is 1.04. The second kappa shape index (κ2) is 8.34. The average molecular weight is 469 g/mol. The SMILES string of the molecule is C=C/C=C(\C=C)c1nc(-c2ccccc2)nc(-c2cc(Br)cc(Br)c2)n1. The van der Waals surface area contributed by atoms with Gasteiger partial charge >= 0.3 is 0 Å².